The summed E-state index contributed by atoms with van der Waals surface area (Å²) < 4.78 is 0. The molecule has 1 aliphatic rings. The quantitative estimate of drug-likeness (QED) is 0.907. The summed E-state index contributed by atoms with van der Waals surface area (Å²) >= 11 is 0. The third kappa shape index (κ3) is 2.81. The molecule has 104 valence electrons. The SMILES string of the molecule is Cc1ccc(C(=O)N(C)C2CCCC2CN)cc1C. The van der Waals surface area contributed by atoms with Crippen LogP contribution in [0.3, 0.4) is 0 Å². The van der Waals surface area contributed by atoms with Crippen molar-refractivity contribution in [2.45, 2.75) is 39.2 Å². The summed E-state index contributed by atoms with van der Waals surface area (Å²) in [7, 11) is 1.91. The van der Waals surface area contributed by atoms with Crippen LogP contribution in [0.1, 0.15) is 40.7 Å². The Labute approximate surface area is 115 Å². The maximum absolute atomic E-state index is 12.5. The Balaban J connectivity index is 2.16. The average molecular weight is 260 g/mol. The number of hydrogen-bond donors (Lipinski definition) is 1. The lowest BCUT2D eigenvalue weighted by molar-refractivity contribution is 0.0700. The smallest absolute Gasteiger partial charge is 0.253 e. The van der Waals surface area contributed by atoms with Gasteiger partial charge in [-0.3, -0.25) is 4.79 Å². The van der Waals surface area contributed by atoms with Crippen LogP contribution in [0.15, 0.2) is 18.2 Å². The molecule has 0 radical (unpaired) electrons. The first-order valence-corrected chi connectivity index (χ1v) is 7.09. The molecule has 1 amide bonds. The Kier molecular flexibility index (Phi) is 4.25. The molecule has 3 nitrogen and oxygen atoms in total. The number of nitrogens with two attached hydrogens (primary N) is 1. The normalized spacial score (nSPS) is 22.5. The van der Waals surface area contributed by atoms with Crippen LogP contribution in [-0.2, 0) is 0 Å². The van der Waals surface area contributed by atoms with E-state index in [9.17, 15) is 4.79 Å². The fourth-order valence-electron chi connectivity index (χ4n) is 3.03. The molecule has 0 aliphatic heterocycles. The van der Waals surface area contributed by atoms with Gasteiger partial charge in [-0.05, 0) is 62.4 Å². The zero-order chi connectivity index (χ0) is 14.0. The summed E-state index contributed by atoms with van der Waals surface area (Å²) in [5, 5.41) is 0. The van der Waals surface area contributed by atoms with Crippen LogP contribution < -0.4 is 5.73 Å². The summed E-state index contributed by atoms with van der Waals surface area (Å²) in [6, 6.07) is 6.23. The van der Waals surface area contributed by atoms with Crippen LogP contribution in [0.25, 0.3) is 0 Å². The molecule has 0 aromatic heterocycles. The molecule has 1 saturated carbocycles. The van der Waals surface area contributed by atoms with E-state index in [0.717, 1.165) is 18.4 Å². The van der Waals surface area contributed by atoms with Crippen molar-refractivity contribution in [1.29, 1.82) is 0 Å². The number of carbonyl (C=O) groups is 1. The Bertz CT molecular complexity index is 470. The van der Waals surface area contributed by atoms with Gasteiger partial charge in [-0.1, -0.05) is 12.5 Å². The van der Waals surface area contributed by atoms with E-state index in [1.165, 1.54) is 17.5 Å². The number of amides is 1. The third-order valence-corrected chi connectivity index (χ3v) is 4.49. The number of nitrogens with zero attached hydrogens (tertiary/aromatic N) is 1. The number of rotatable bonds is 3. The van der Waals surface area contributed by atoms with E-state index in [-0.39, 0.29) is 5.91 Å². The highest BCUT2D eigenvalue weighted by Gasteiger charge is 2.32. The molecule has 0 saturated heterocycles. The van der Waals surface area contributed by atoms with Crippen LogP contribution in [0.2, 0.25) is 0 Å². The van der Waals surface area contributed by atoms with Gasteiger partial charge in [0.05, 0.1) is 0 Å². The van der Waals surface area contributed by atoms with E-state index in [2.05, 4.69) is 6.92 Å². The molecular weight excluding hydrogens is 236 g/mol. The lowest BCUT2D eigenvalue weighted by Crippen LogP contribution is -2.41. The molecule has 1 aromatic carbocycles. The Morgan fingerprint density at radius 1 is 1.32 bits per heavy atom. The first-order valence-electron chi connectivity index (χ1n) is 7.09. The van der Waals surface area contributed by atoms with Gasteiger partial charge in [0.15, 0.2) is 0 Å². The summed E-state index contributed by atoms with van der Waals surface area (Å²) in [6.07, 6.45) is 3.40. The minimum absolute atomic E-state index is 0.119. The Morgan fingerprint density at radius 2 is 2.05 bits per heavy atom. The molecule has 0 spiro atoms. The highest BCUT2D eigenvalue weighted by Crippen LogP contribution is 2.29. The van der Waals surface area contributed by atoms with Gasteiger partial charge in [0, 0.05) is 18.7 Å². The van der Waals surface area contributed by atoms with Crippen molar-refractivity contribution >= 4 is 5.91 Å². The van der Waals surface area contributed by atoms with E-state index in [4.69, 9.17) is 5.73 Å². The molecule has 1 fully saturated rings. The molecule has 2 unspecified atom stereocenters. The molecule has 2 atom stereocenters. The van der Waals surface area contributed by atoms with Crippen LogP contribution in [0.4, 0.5) is 0 Å². The second-order valence-corrected chi connectivity index (χ2v) is 5.71. The maximum Gasteiger partial charge on any atom is 0.253 e. The van der Waals surface area contributed by atoms with E-state index in [1.807, 2.05) is 37.1 Å². The van der Waals surface area contributed by atoms with Crippen LogP contribution in [0.5, 0.6) is 0 Å². The summed E-state index contributed by atoms with van der Waals surface area (Å²) in [6.45, 7) is 4.79. The van der Waals surface area contributed by atoms with Crippen LogP contribution in [0, 0.1) is 19.8 Å². The van der Waals surface area contributed by atoms with Gasteiger partial charge in [-0.25, -0.2) is 0 Å². The zero-order valence-electron chi connectivity index (χ0n) is 12.1. The van der Waals surface area contributed by atoms with E-state index >= 15 is 0 Å². The number of benzene rings is 1. The van der Waals surface area contributed by atoms with Gasteiger partial charge in [0.2, 0.25) is 0 Å². The largest absolute Gasteiger partial charge is 0.338 e. The number of hydrogen-bond acceptors (Lipinski definition) is 2. The second kappa shape index (κ2) is 5.74. The molecule has 0 heterocycles. The first-order chi connectivity index (χ1) is 9.04. The summed E-state index contributed by atoms with van der Waals surface area (Å²) in [5.74, 6) is 0.578. The van der Waals surface area contributed by atoms with Gasteiger partial charge in [-0.2, -0.15) is 0 Å². The Morgan fingerprint density at radius 3 is 2.68 bits per heavy atom. The van der Waals surface area contributed by atoms with Crippen molar-refractivity contribution in [2.75, 3.05) is 13.6 Å². The lowest BCUT2D eigenvalue weighted by atomic mass is 10.0. The highest BCUT2D eigenvalue weighted by molar-refractivity contribution is 5.94. The van der Waals surface area contributed by atoms with Gasteiger partial charge in [0.25, 0.3) is 5.91 Å². The third-order valence-electron chi connectivity index (χ3n) is 4.49. The minimum Gasteiger partial charge on any atom is -0.338 e. The maximum atomic E-state index is 12.5. The van der Waals surface area contributed by atoms with Crippen molar-refractivity contribution in [3.8, 4) is 0 Å². The van der Waals surface area contributed by atoms with Gasteiger partial charge < -0.3 is 10.6 Å². The average Bonchev–Trinajstić information content (AvgIpc) is 2.88. The van der Waals surface area contributed by atoms with Gasteiger partial charge >= 0.3 is 0 Å². The molecular formula is C16H24N2O. The molecule has 2 N–H and O–H groups in total. The number of carbonyl (C=O) groups excluding carboxylic acids is 1. The van der Waals surface area contributed by atoms with Gasteiger partial charge in [-0.15, -0.1) is 0 Å². The fourth-order valence-corrected chi connectivity index (χ4v) is 3.03. The number of aryl methyl sites for hydroxylation is 2. The Hall–Kier alpha value is -1.35. The minimum atomic E-state index is 0.119. The van der Waals surface area contributed by atoms with E-state index in [1.54, 1.807) is 0 Å². The van der Waals surface area contributed by atoms with Crippen molar-refractivity contribution in [3.63, 3.8) is 0 Å². The first kappa shape index (κ1) is 14.1. The predicted molar refractivity (Wildman–Crippen MR) is 78.2 cm³/mol. The fraction of sp³-hybridized carbons (Fsp3) is 0.562. The van der Waals surface area contributed by atoms with Crippen LogP contribution >= 0.6 is 0 Å². The summed E-state index contributed by atoms with van der Waals surface area (Å²) in [5.41, 5.74) is 8.98. The van der Waals surface area contributed by atoms with Crippen molar-refractivity contribution < 1.29 is 4.79 Å². The molecule has 1 aromatic rings. The van der Waals surface area contributed by atoms with Crippen molar-refractivity contribution in [2.24, 2.45) is 11.7 Å². The molecule has 2 rings (SSSR count). The predicted octanol–water partition coefficient (Wildman–Crippen LogP) is 2.50. The van der Waals surface area contributed by atoms with Crippen molar-refractivity contribution in [3.05, 3.63) is 34.9 Å². The molecule has 1 aliphatic carbocycles. The van der Waals surface area contributed by atoms with Crippen molar-refractivity contribution in [1.82, 2.24) is 4.90 Å². The standard InChI is InChI=1S/C16H24N2O/c1-11-7-8-13(9-12(11)2)16(19)18(3)15-6-4-5-14(15)10-17/h7-9,14-15H,4-6,10,17H2,1-3H3. The van der Waals surface area contributed by atoms with Gasteiger partial charge in [0.1, 0.15) is 0 Å². The van der Waals surface area contributed by atoms with E-state index < -0.39 is 0 Å². The lowest BCUT2D eigenvalue weighted by Gasteiger charge is -2.29. The topological polar surface area (TPSA) is 46.3 Å². The molecule has 19 heavy (non-hydrogen) atoms. The zero-order valence-corrected chi connectivity index (χ0v) is 12.1. The van der Waals surface area contributed by atoms with E-state index in [0.29, 0.717) is 18.5 Å². The van der Waals surface area contributed by atoms with Crippen LogP contribution in [-0.4, -0.2) is 30.4 Å². The second-order valence-electron chi connectivity index (χ2n) is 5.71. The molecule has 3 heteroatoms. The monoisotopic (exact) mass is 260 g/mol. The highest BCUT2D eigenvalue weighted by atomic mass is 16.2. The summed E-state index contributed by atoms with van der Waals surface area (Å²) in [4.78, 5) is 14.4. The molecule has 0 bridgehead atoms.